The van der Waals surface area contributed by atoms with Crippen molar-refractivity contribution in [2.24, 2.45) is 0 Å². The van der Waals surface area contributed by atoms with Crippen LogP contribution in [0.5, 0.6) is 0 Å². The van der Waals surface area contributed by atoms with Crippen LogP contribution in [0.4, 0.5) is 4.79 Å². The van der Waals surface area contributed by atoms with Crippen LogP contribution in [0, 0.1) is 0 Å². The zero-order chi connectivity index (χ0) is 20.7. The van der Waals surface area contributed by atoms with Gasteiger partial charge in [0.05, 0.1) is 12.3 Å². The molecule has 28 heavy (non-hydrogen) atoms. The first-order chi connectivity index (χ1) is 13.2. The quantitative estimate of drug-likeness (QED) is 0.520. The van der Waals surface area contributed by atoms with Gasteiger partial charge in [-0.1, -0.05) is 37.7 Å². The summed E-state index contributed by atoms with van der Waals surface area (Å²) in [5.74, 6) is 0.494. The van der Waals surface area contributed by atoms with Crippen molar-refractivity contribution in [3.05, 3.63) is 40.8 Å². The fourth-order valence-electron chi connectivity index (χ4n) is 2.45. The van der Waals surface area contributed by atoms with Crippen molar-refractivity contribution < 1.29 is 18.7 Å². The van der Waals surface area contributed by atoms with Crippen LogP contribution in [0.15, 0.2) is 27.8 Å². The number of nitrogens with one attached hydrogen (secondary N) is 1. The molecule has 0 radical (unpaired) electrons. The lowest BCUT2D eigenvalue weighted by molar-refractivity contribution is 0.0518. The van der Waals surface area contributed by atoms with Crippen molar-refractivity contribution in [2.75, 3.05) is 5.75 Å². The molecule has 152 valence electrons. The number of Topliss-reactive ketones (excluding diaryl/α,β-unsaturated/α-hetero) is 1. The summed E-state index contributed by atoms with van der Waals surface area (Å²) in [6.45, 7) is 9.51. The number of carbonyl (C=O) groups is 2. The van der Waals surface area contributed by atoms with Crippen molar-refractivity contribution in [3.8, 4) is 0 Å². The molecule has 1 aromatic carbocycles. The number of aryl methyl sites for hydroxylation is 2. The minimum Gasteiger partial charge on any atom is -0.444 e. The lowest BCUT2D eigenvalue weighted by atomic mass is 9.98. The molecule has 1 N–H and O–H groups in total. The lowest BCUT2D eigenvalue weighted by Crippen LogP contribution is -2.32. The number of carbonyl (C=O) groups excluding carboxylic acids is 2. The molecule has 0 unspecified atom stereocenters. The zero-order valence-corrected chi connectivity index (χ0v) is 17.8. The Morgan fingerprint density at radius 1 is 1.18 bits per heavy atom. The molecule has 0 aliphatic carbocycles. The minimum atomic E-state index is -0.577. The average Bonchev–Trinajstić information content (AvgIpc) is 3.10. The van der Waals surface area contributed by atoms with Gasteiger partial charge in [-0.05, 0) is 50.8 Å². The summed E-state index contributed by atoms with van der Waals surface area (Å²) < 4.78 is 10.6. The number of ether oxygens (including phenoxy) is 1. The highest BCUT2D eigenvalue weighted by Gasteiger charge is 2.17. The summed E-state index contributed by atoms with van der Waals surface area (Å²) in [5.41, 5.74) is 2.35. The van der Waals surface area contributed by atoms with E-state index in [2.05, 4.69) is 28.5 Å². The number of nitrogens with zero attached hydrogens (tertiary/aromatic N) is 2. The van der Waals surface area contributed by atoms with Gasteiger partial charge in [-0.2, -0.15) is 0 Å². The Morgan fingerprint density at radius 3 is 2.57 bits per heavy atom. The van der Waals surface area contributed by atoms with Crippen molar-refractivity contribution in [2.45, 2.75) is 64.8 Å². The predicted molar refractivity (Wildman–Crippen MR) is 108 cm³/mol. The number of amides is 1. The fourth-order valence-corrected chi connectivity index (χ4v) is 3.11. The van der Waals surface area contributed by atoms with Crippen LogP contribution < -0.4 is 5.32 Å². The molecule has 0 fully saturated rings. The van der Waals surface area contributed by atoms with Crippen LogP contribution in [-0.2, 0) is 24.1 Å². The van der Waals surface area contributed by atoms with E-state index in [1.807, 2.05) is 19.1 Å². The summed E-state index contributed by atoms with van der Waals surface area (Å²) in [5, 5.41) is 10.6. The molecular formula is C20H27N3O4S. The molecule has 0 spiro atoms. The summed E-state index contributed by atoms with van der Waals surface area (Å²) in [4.78, 5) is 24.3. The molecule has 7 nitrogen and oxygen atoms in total. The SMILES string of the molecule is CCc1ccc(CC)c(C(=O)CSc2nnc(CNC(=O)OC(C)(C)C)o2)c1. The number of hydrogen-bond donors (Lipinski definition) is 1. The van der Waals surface area contributed by atoms with E-state index in [4.69, 9.17) is 9.15 Å². The smallest absolute Gasteiger partial charge is 0.408 e. The first-order valence-electron chi connectivity index (χ1n) is 9.28. The molecule has 1 heterocycles. The first-order valence-corrected chi connectivity index (χ1v) is 10.3. The van der Waals surface area contributed by atoms with Crippen LogP contribution in [0.2, 0.25) is 0 Å². The topological polar surface area (TPSA) is 94.3 Å². The van der Waals surface area contributed by atoms with Gasteiger partial charge in [0.2, 0.25) is 5.89 Å². The molecule has 0 bridgehead atoms. The summed E-state index contributed by atoms with van der Waals surface area (Å²) in [6.07, 6.45) is 1.13. The summed E-state index contributed by atoms with van der Waals surface area (Å²) in [6, 6.07) is 6.04. The van der Waals surface area contributed by atoms with E-state index < -0.39 is 11.7 Å². The molecule has 0 saturated carbocycles. The molecule has 0 atom stereocenters. The second-order valence-corrected chi connectivity index (χ2v) is 8.15. The number of thioether (sulfide) groups is 1. The van der Waals surface area contributed by atoms with Crippen LogP contribution in [-0.4, -0.2) is 33.4 Å². The molecule has 0 aliphatic heterocycles. The van der Waals surface area contributed by atoms with Gasteiger partial charge in [-0.3, -0.25) is 4.79 Å². The first kappa shape index (κ1) is 21.9. The Hall–Kier alpha value is -2.35. The Balaban J connectivity index is 1.90. The maximum Gasteiger partial charge on any atom is 0.408 e. The summed E-state index contributed by atoms with van der Waals surface area (Å²) in [7, 11) is 0. The molecule has 1 aromatic heterocycles. The van der Waals surface area contributed by atoms with Gasteiger partial charge in [0, 0.05) is 5.56 Å². The van der Waals surface area contributed by atoms with Gasteiger partial charge >= 0.3 is 6.09 Å². The predicted octanol–water partition coefficient (Wildman–Crippen LogP) is 4.19. The van der Waals surface area contributed by atoms with Gasteiger partial charge < -0.3 is 14.5 Å². The van der Waals surface area contributed by atoms with E-state index in [0.717, 1.165) is 29.5 Å². The Labute approximate surface area is 169 Å². The van der Waals surface area contributed by atoms with Crippen molar-refractivity contribution in [1.29, 1.82) is 0 Å². The maximum absolute atomic E-state index is 12.6. The van der Waals surface area contributed by atoms with E-state index >= 15 is 0 Å². The molecule has 0 saturated heterocycles. The Morgan fingerprint density at radius 2 is 1.93 bits per heavy atom. The van der Waals surface area contributed by atoms with Crippen LogP contribution in [0.3, 0.4) is 0 Å². The van der Waals surface area contributed by atoms with Gasteiger partial charge in [-0.15, -0.1) is 10.2 Å². The van der Waals surface area contributed by atoms with Gasteiger partial charge in [0.25, 0.3) is 5.22 Å². The number of rotatable bonds is 8. The highest BCUT2D eigenvalue weighted by molar-refractivity contribution is 7.99. The Kier molecular flexibility index (Phi) is 7.62. The third-order valence-electron chi connectivity index (χ3n) is 3.82. The second kappa shape index (κ2) is 9.73. The van der Waals surface area contributed by atoms with Gasteiger partial charge in [-0.25, -0.2) is 4.79 Å². The molecule has 8 heteroatoms. The normalized spacial score (nSPS) is 11.3. The van der Waals surface area contributed by atoms with E-state index in [0.29, 0.717) is 5.22 Å². The zero-order valence-electron chi connectivity index (χ0n) is 17.0. The van der Waals surface area contributed by atoms with Crippen molar-refractivity contribution in [1.82, 2.24) is 15.5 Å². The van der Waals surface area contributed by atoms with Crippen LogP contribution in [0.1, 0.15) is 62.0 Å². The third kappa shape index (κ3) is 6.67. The highest BCUT2D eigenvalue weighted by Crippen LogP contribution is 2.21. The number of hydrogen-bond acceptors (Lipinski definition) is 7. The number of ketones is 1. The van der Waals surface area contributed by atoms with Gasteiger partial charge in [0.1, 0.15) is 5.60 Å². The fraction of sp³-hybridized carbons (Fsp3) is 0.500. The standard InChI is InChI=1S/C20H27N3O4S/c1-6-13-8-9-14(7-2)15(10-13)16(24)12-28-19-23-22-17(26-19)11-21-18(25)27-20(3,4)5/h8-10H,6-7,11-12H2,1-5H3,(H,21,25). The third-order valence-corrected chi connectivity index (χ3v) is 4.64. The second-order valence-electron chi connectivity index (χ2n) is 7.23. The van der Waals surface area contributed by atoms with E-state index in [-0.39, 0.29) is 24.0 Å². The number of alkyl carbamates (subject to hydrolysis) is 1. The Bertz CT molecular complexity index is 827. The maximum atomic E-state index is 12.6. The van der Waals surface area contributed by atoms with Gasteiger partial charge in [0.15, 0.2) is 5.78 Å². The highest BCUT2D eigenvalue weighted by atomic mass is 32.2. The lowest BCUT2D eigenvalue weighted by Gasteiger charge is -2.19. The van der Waals surface area contributed by atoms with E-state index in [1.54, 1.807) is 20.8 Å². The molecule has 2 aromatic rings. The van der Waals surface area contributed by atoms with Crippen molar-refractivity contribution in [3.63, 3.8) is 0 Å². The number of benzene rings is 1. The molecule has 0 aliphatic rings. The summed E-state index contributed by atoms with van der Waals surface area (Å²) >= 11 is 1.19. The average molecular weight is 406 g/mol. The number of aromatic nitrogens is 2. The van der Waals surface area contributed by atoms with Crippen molar-refractivity contribution >= 4 is 23.6 Å². The molecule has 2 rings (SSSR count). The van der Waals surface area contributed by atoms with Crippen LogP contribution in [0.25, 0.3) is 0 Å². The van der Waals surface area contributed by atoms with Crippen LogP contribution >= 0.6 is 11.8 Å². The van der Waals surface area contributed by atoms with E-state index in [1.165, 1.54) is 11.8 Å². The molecular weight excluding hydrogens is 378 g/mol. The minimum absolute atomic E-state index is 0.0313. The van der Waals surface area contributed by atoms with E-state index in [9.17, 15) is 9.59 Å². The monoisotopic (exact) mass is 405 g/mol. The molecule has 1 amide bonds. The largest absolute Gasteiger partial charge is 0.444 e.